The van der Waals surface area contributed by atoms with Gasteiger partial charge in [0.2, 0.25) is 0 Å². The number of hydrogen-bond donors (Lipinski definition) is 0. The molecule has 0 spiro atoms. The second-order valence-corrected chi connectivity index (χ2v) is 5.88. The maximum Gasteiger partial charge on any atom is 0.129 e. The van der Waals surface area contributed by atoms with E-state index in [4.69, 9.17) is 34.8 Å². The van der Waals surface area contributed by atoms with Crippen LogP contribution in [0, 0.1) is 11.6 Å². The molecule has 5 heteroatoms. The molecule has 0 unspecified atom stereocenters. The SMILES string of the molecule is Fc1ccc(CC(CCl)(CCl)c2ccccc2Cl)c(F)c1. The van der Waals surface area contributed by atoms with E-state index in [1.165, 1.54) is 12.1 Å². The van der Waals surface area contributed by atoms with Gasteiger partial charge in [0.25, 0.3) is 0 Å². The topological polar surface area (TPSA) is 0 Å². The molecule has 0 atom stereocenters. The molecule has 112 valence electrons. The second-order valence-electron chi connectivity index (χ2n) is 4.94. The molecule has 0 N–H and O–H groups in total. The van der Waals surface area contributed by atoms with E-state index >= 15 is 0 Å². The van der Waals surface area contributed by atoms with Crippen LogP contribution in [0.4, 0.5) is 8.78 Å². The van der Waals surface area contributed by atoms with Crippen molar-refractivity contribution in [3.05, 3.63) is 70.2 Å². The summed E-state index contributed by atoms with van der Waals surface area (Å²) in [5.41, 5.74) is 0.415. The molecule has 0 aromatic heterocycles. The molecule has 2 aromatic rings. The van der Waals surface area contributed by atoms with Crippen molar-refractivity contribution in [2.24, 2.45) is 0 Å². The van der Waals surface area contributed by atoms with E-state index in [-0.39, 0.29) is 18.2 Å². The Kier molecular flexibility index (Phi) is 5.48. The summed E-state index contributed by atoms with van der Waals surface area (Å²) in [4.78, 5) is 0. The van der Waals surface area contributed by atoms with Gasteiger partial charge >= 0.3 is 0 Å². The summed E-state index contributed by atoms with van der Waals surface area (Å²) in [6.45, 7) is 0. The number of alkyl halides is 2. The van der Waals surface area contributed by atoms with Gasteiger partial charge in [-0.2, -0.15) is 0 Å². The quantitative estimate of drug-likeness (QED) is 0.618. The molecule has 0 aliphatic rings. The van der Waals surface area contributed by atoms with Crippen LogP contribution in [0.2, 0.25) is 5.02 Å². The van der Waals surface area contributed by atoms with Crippen LogP contribution in [0.25, 0.3) is 0 Å². The van der Waals surface area contributed by atoms with E-state index in [1.807, 2.05) is 12.1 Å². The van der Waals surface area contributed by atoms with Gasteiger partial charge in [-0.05, 0) is 29.7 Å². The van der Waals surface area contributed by atoms with Gasteiger partial charge < -0.3 is 0 Å². The summed E-state index contributed by atoms with van der Waals surface area (Å²) in [5, 5.41) is 0.529. The molecule has 0 amide bonds. The monoisotopic (exact) mass is 348 g/mol. The maximum absolute atomic E-state index is 13.9. The van der Waals surface area contributed by atoms with Crippen LogP contribution < -0.4 is 0 Å². The molecule has 0 aliphatic heterocycles. The Hall–Kier alpha value is -0.830. The Labute approximate surface area is 137 Å². The van der Waals surface area contributed by atoms with Crippen molar-refractivity contribution in [2.45, 2.75) is 11.8 Å². The molecule has 0 heterocycles. The Morgan fingerprint density at radius 3 is 2.19 bits per heavy atom. The highest BCUT2D eigenvalue weighted by molar-refractivity contribution is 6.32. The van der Waals surface area contributed by atoms with Crippen molar-refractivity contribution in [2.75, 3.05) is 11.8 Å². The minimum atomic E-state index is -0.708. The Balaban J connectivity index is 2.46. The zero-order valence-electron chi connectivity index (χ0n) is 11.1. The van der Waals surface area contributed by atoms with E-state index in [9.17, 15) is 8.78 Å². The highest BCUT2D eigenvalue weighted by Gasteiger charge is 2.33. The van der Waals surface area contributed by atoms with Gasteiger partial charge in [0.1, 0.15) is 11.6 Å². The van der Waals surface area contributed by atoms with Crippen molar-refractivity contribution in [3.8, 4) is 0 Å². The lowest BCUT2D eigenvalue weighted by atomic mass is 9.78. The zero-order chi connectivity index (χ0) is 15.5. The van der Waals surface area contributed by atoms with Crippen molar-refractivity contribution < 1.29 is 8.78 Å². The van der Waals surface area contributed by atoms with Gasteiger partial charge in [-0.15, -0.1) is 23.2 Å². The van der Waals surface area contributed by atoms with E-state index in [0.717, 1.165) is 11.6 Å². The molecule has 2 rings (SSSR count). The molecule has 0 nitrogen and oxygen atoms in total. The number of halogens is 5. The van der Waals surface area contributed by atoms with Gasteiger partial charge in [0.15, 0.2) is 0 Å². The fourth-order valence-electron chi connectivity index (χ4n) is 2.29. The zero-order valence-corrected chi connectivity index (χ0v) is 13.3. The van der Waals surface area contributed by atoms with Gasteiger partial charge in [-0.3, -0.25) is 0 Å². The number of hydrogen-bond acceptors (Lipinski definition) is 0. The largest absolute Gasteiger partial charge is 0.207 e. The minimum absolute atomic E-state index is 0.178. The van der Waals surface area contributed by atoms with Crippen LogP contribution >= 0.6 is 34.8 Å². The Bertz CT molecular complexity index is 625. The summed E-state index contributed by atoms with van der Waals surface area (Å²) >= 11 is 18.5. The molecule has 0 saturated carbocycles. The molecule has 2 aromatic carbocycles. The summed E-state index contributed by atoms with van der Waals surface area (Å²) < 4.78 is 26.9. The molecule has 0 bridgehead atoms. The van der Waals surface area contributed by atoms with Crippen molar-refractivity contribution in [1.82, 2.24) is 0 Å². The normalized spacial score (nSPS) is 11.7. The number of benzene rings is 2. The Morgan fingerprint density at radius 2 is 1.62 bits per heavy atom. The molecule has 0 fully saturated rings. The Morgan fingerprint density at radius 1 is 0.952 bits per heavy atom. The summed E-state index contributed by atoms with van der Waals surface area (Å²) in [5.74, 6) is -0.869. The van der Waals surface area contributed by atoms with Gasteiger partial charge in [0.05, 0.1) is 0 Å². The summed E-state index contributed by atoms with van der Waals surface area (Å²) in [6, 6.07) is 10.7. The van der Waals surface area contributed by atoms with Crippen molar-refractivity contribution in [1.29, 1.82) is 0 Å². The van der Waals surface area contributed by atoms with Crippen molar-refractivity contribution in [3.63, 3.8) is 0 Å². The molecule has 0 saturated heterocycles. The van der Waals surface area contributed by atoms with Crippen LogP contribution in [-0.2, 0) is 11.8 Å². The average molecular weight is 350 g/mol. The number of rotatable bonds is 5. The van der Waals surface area contributed by atoms with Crippen LogP contribution in [0.5, 0.6) is 0 Å². The summed E-state index contributed by atoms with van der Waals surface area (Å²) in [7, 11) is 0. The molecular weight excluding hydrogens is 337 g/mol. The van der Waals surface area contributed by atoms with E-state index in [1.54, 1.807) is 12.1 Å². The van der Waals surface area contributed by atoms with E-state index in [2.05, 4.69) is 0 Å². The van der Waals surface area contributed by atoms with E-state index < -0.39 is 17.0 Å². The smallest absolute Gasteiger partial charge is 0.129 e. The third-order valence-electron chi connectivity index (χ3n) is 3.50. The standard InChI is InChI=1S/C16H13Cl3F2/c17-9-16(10-18,13-3-1-2-4-14(13)19)8-11-5-6-12(20)7-15(11)21/h1-7H,8-10H2. The fraction of sp³-hybridized carbons (Fsp3) is 0.250. The fourth-order valence-corrected chi connectivity index (χ4v) is 3.39. The van der Waals surface area contributed by atoms with Crippen LogP contribution in [0.1, 0.15) is 11.1 Å². The van der Waals surface area contributed by atoms with Gasteiger partial charge in [-0.25, -0.2) is 8.78 Å². The molecule has 21 heavy (non-hydrogen) atoms. The van der Waals surface area contributed by atoms with Crippen LogP contribution in [-0.4, -0.2) is 11.8 Å². The lowest BCUT2D eigenvalue weighted by Gasteiger charge is -2.31. The first-order valence-electron chi connectivity index (χ1n) is 6.33. The lowest BCUT2D eigenvalue weighted by Crippen LogP contribution is -2.34. The maximum atomic E-state index is 13.9. The van der Waals surface area contributed by atoms with E-state index in [0.29, 0.717) is 10.6 Å². The summed E-state index contributed by atoms with van der Waals surface area (Å²) in [6.07, 6.45) is 0.246. The first-order valence-corrected chi connectivity index (χ1v) is 7.78. The lowest BCUT2D eigenvalue weighted by molar-refractivity contribution is 0.506. The molecule has 0 radical (unpaired) electrons. The molecular formula is C16H13Cl3F2. The predicted molar refractivity (Wildman–Crippen MR) is 84.6 cm³/mol. The van der Waals surface area contributed by atoms with Gasteiger partial charge in [-0.1, -0.05) is 35.9 Å². The average Bonchev–Trinajstić information content (AvgIpc) is 2.48. The highest BCUT2D eigenvalue weighted by Crippen LogP contribution is 2.36. The second kappa shape index (κ2) is 6.95. The van der Waals surface area contributed by atoms with Crippen molar-refractivity contribution >= 4 is 34.8 Å². The van der Waals surface area contributed by atoms with Crippen LogP contribution in [0.3, 0.4) is 0 Å². The first kappa shape index (κ1) is 16.5. The predicted octanol–water partition coefficient (Wildman–Crippen LogP) is 5.58. The first-order chi connectivity index (χ1) is 10.0. The third kappa shape index (κ3) is 3.50. The van der Waals surface area contributed by atoms with Gasteiger partial charge in [0, 0.05) is 28.3 Å². The minimum Gasteiger partial charge on any atom is -0.207 e. The van der Waals surface area contributed by atoms with Crippen LogP contribution in [0.15, 0.2) is 42.5 Å². The highest BCUT2D eigenvalue weighted by atomic mass is 35.5. The molecule has 0 aliphatic carbocycles. The third-order valence-corrected chi connectivity index (χ3v) is 4.85.